The maximum Gasteiger partial charge on any atom is 0.246 e. The Labute approximate surface area is 207 Å². The first-order chi connectivity index (χ1) is 16.8. The normalized spacial score (nSPS) is 18.6. The minimum Gasteiger partial charge on any atom is -0.492 e. The van der Waals surface area contributed by atoms with E-state index in [1.54, 1.807) is 24.0 Å². The number of anilines is 1. The van der Waals surface area contributed by atoms with Gasteiger partial charge in [-0.2, -0.15) is 4.31 Å². The van der Waals surface area contributed by atoms with Crippen LogP contribution in [0.2, 0.25) is 0 Å². The summed E-state index contributed by atoms with van der Waals surface area (Å²) >= 11 is 0. The molecule has 1 atom stereocenters. The number of carbonyl (C=O) groups excluding carboxylic acids is 2. The molecule has 0 aliphatic carbocycles. The molecule has 35 heavy (non-hydrogen) atoms. The van der Waals surface area contributed by atoms with Gasteiger partial charge in [-0.1, -0.05) is 30.7 Å². The first kappa shape index (κ1) is 25.2. The van der Waals surface area contributed by atoms with E-state index < -0.39 is 10.0 Å². The molecule has 2 aromatic rings. The van der Waals surface area contributed by atoms with Crippen LogP contribution in [0.1, 0.15) is 56.7 Å². The van der Waals surface area contributed by atoms with Crippen molar-refractivity contribution in [2.75, 3.05) is 31.6 Å². The molecule has 188 valence electrons. The zero-order chi connectivity index (χ0) is 25.0. The molecular weight excluding hydrogens is 466 g/mol. The summed E-state index contributed by atoms with van der Waals surface area (Å²) in [6, 6.07) is 12.2. The summed E-state index contributed by atoms with van der Waals surface area (Å²) in [4.78, 5) is 27.2. The molecule has 2 aliphatic heterocycles. The largest absolute Gasteiger partial charge is 0.492 e. The summed E-state index contributed by atoms with van der Waals surface area (Å²) in [6.07, 6.45) is 3.51. The van der Waals surface area contributed by atoms with Gasteiger partial charge in [0.1, 0.15) is 10.6 Å². The zero-order valence-electron chi connectivity index (χ0n) is 20.3. The van der Waals surface area contributed by atoms with Crippen molar-refractivity contribution in [2.45, 2.75) is 56.9 Å². The molecule has 1 fully saturated rings. The van der Waals surface area contributed by atoms with Crippen molar-refractivity contribution in [2.24, 2.45) is 0 Å². The van der Waals surface area contributed by atoms with E-state index in [-0.39, 0.29) is 34.9 Å². The Balaban J connectivity index is 1.57. The Hall–Kier alpha value is -2.91. The van der Waals surface area contributed by atoms with Gasteiger partial charge < -0.3 is 15.0 Å². The number of ether oxygens (including phenoxy) is 1. The Morgan fingerprint density at radius 1 is 1.06 bits per heavy atom. The molecule has 0 bridgehead atoms. The predicted molar refractivity (Wildman–Crippen MR) is 134 cm³/mol. The summed E-state index contributed by atoms with van der Waals surface area (Å²) in [7, 11) is -3.76. The lowest BCUT2D eigenvalue weighted by Crippen LogP contribution is -2.40. The second-order valence-electron chi connectivity index (χ2n) is 8.99. The molecule has 2 aliphatic rings. The van der Waals surface area contributed by atoms with Crippen LogP contribution in [-0.2, 0) is 26.0 Å². The van der Waals surface area contributed by atoms with E-state index in [4.69, 9.17) is 4.74 Å². The minimum absolute atomic E-state index is 0.0624. The van der Waals surface area contributed by atoms with Crippen LogP contribution >= 0.6 is 0 Å². The van der Waals surface area contributed by atoms with Crippen LogP contribution in [-0.4, -0.2) is 55.7 Å². The number of sulfonamides is 1. The number of nitrogens with one attached hydrogen (secondary N) is 1. The first-order valence-corrected chi connectivity index (χ1v) is 13.7. The zero-order valence-corrected chi connectivity index (χ0v) is 21.1. The number of fused-ring (bicyclic) bond motifs is 1. The van der Waals surface area contributed by atoms with Gasteiger partial charge in [-0.15, -0.1) is 0 Å². The lowest BCUT2D eigenvalue weighted by Gasteiger charge is -2.36. The Morgan fingerprint density at radius 3 is 2.51 bits per heavy atom. The fraction of sp³-hybridized carbons (Fsp3) is 0.462. The molecule has 0 spiro atoms. The van der Waals surface area contributed by atoms with Crippen molar-refractivity contribution in [1.29, 1.82) is 0 Å². The van der Waals surface area contributed by atoms with E-state index >= 15 is 0 Å². The quantitative estimate of drug-likeness (QED) is 0.626. The third-order valence-corrected chi connectivity index (χ3v) is 8.58. The second-order valence-corrected chi connectivity index (χ2v) is 10.9. The fourth-order valence-corrected chi connectivity index (χ4v) is 6.62. The molecule has 1 unspecified atom stereocenters. The molecule has 2 heterocycles. The van der Waals surface area contributed by atoms with Gasteiger partial charge in [-0.05, 0) is 55.5 Å². The molecule has 2 aromatic carbocycles. The van der Waals surface area contributed by atoms with E-state index in [9.17, 15) is 18.0 Å². The SMILES string of the molecule is CCOc1ccc(NC(=O)CC2c3ccccc3CCN2C(C)=O)cc1S(=O)(=O)N1CCCCC1. The van der Waals surface area contributed by atoms with Crippen molar-refractivity contribution in [1.82, 2.24) is 9.21 Å². The number of carbonyl (C=O) groups is 2. The van der Waals surface area contributed by atoms with Gasteiger partial charge in [0.25, 0.3) is 0 Å². The van der Waals surface area contributed by atoms with Crippen molar-refractivity contribution < 1.29 is 22.7 Å². The van der Waals surface area contributed by atoms with Crippen LogP contribution < -0.4 is 10.1 Å². The molecule has 4 rings (SSSR count). The summed E-state index contributed by atoms with van der Waals surface area (Å²) in [5, 5.41) is 2.85. The molecule has 1 saturated heterocycles. The molecule has 0 saturated carbocycles. The first-order valence-electron chi connectivity index (χ1n) is 12.2. The number of nitrogens with zero attached hydrogens (tertiary/aromatic N) is 2. The lowest BCUT2D eigenvalue weighted by molar-refractivity contribution is -0.132. The number of piperidine rings is 1. The standard InChI is InChI=1S/C26H33N3O5S/c1-3-34-24-12-11-21(17-25(24)35(32,33)28-14-7-4-8-15-28)27-26(31)18-23-22-10-6-5-9-20(22)13-16-29(23)19(2)30/h5-6,9-12,17,23H,3-4,7-8,13-16,18H2,1-2H3,(H,27,31). The number of hydrogen-bond acceptors (Lipinski definition) is 5. The molecule has 0 aromatic heterocycles. The summed E-state index contributed by atoms with van der Waals surface area (Å²) in [6.45, 7) is 5.17. The minimum atomic E-state index is -3.76. The monoisotopic (exact) mass is 499 g/mol. The number of rotatable bonds is 7. The van der Waals surface area contributed by atoms with Crippen LogP contribution in [0.4, 0.5) is 5.69 Å². The van der Waals surface area contributed by atoms with Gasteiger partial charge >= 0.3 is 0 Å². The van der Waals surface area contributed by atoms with Gasteiger partial charge in [0, 0.05) is 32.2 Å². The Morgan fingerprint density at radius 2 is 1.80 bits per heavy atom. The van der Waals surface area contributed by atoms with Gasteiger partial charge in [-0.3, -0.25) is 9.59 Å². The van der Waals surface area contributed by atoms with E-state index in [1.165, 1.54) is 17.3 Å². The van der Waals surface area contributed by atoms with Gasteiger partial charge in [0.2, 0.25) is 21.8 Å². The third kappa shape index (κ3) is 5.51. The van der Waals surface area contributed by atoms with Crippen molar-refractivity contribution in [3.63, 3.8) is 0 Å². The summed E-state index contributed by atoms with van der Waals surface area (Å²) in [5.74, 6) is -0.0863. The Bertz CT molecular complexity index is 1190. The van der Waals surface area contributed by atoms with Crippen LogP contribution in [0.15, 0.2) is 47.4 Å². The summed E-state index contributed by atoms with van der Waals surface area (Å²) in [5.41, 5.74) is 2.50. The van der Waals surface area contributed by atoms with E-state index in [2.05, 4.69) is 5.32 Å². The highest BCUT2D eigenvalue weighted by Gasteiger charge is 2.32. The van der Waals surface area contributed by atoms with Gasteiger partial charge in [-0.25, -0.2) is 8.42 Å². The fourth-order valence-electron chi connectivity index (χ4n) is 4.94. The molecular formula is C26H33N3O5S. The summed E-state index contributed by atoms with van der Waals surface area (Å²) < 4.78 is 33.9. The molecule has 2 amide bonds. The lowest BCUT2D eigenvalue weighted by atomic mass is 9.90. The van der Waals surface area contributed by atoms with Crippen LogP contribution in [0.3, 0.4) is 0 Å². The Kier molecular flexibility index (Phi) is 7.76. The number of amides is 2. The van der Waals surface area contributed by atoms with Gasteiger partial charge in [0.05, 0.1) is 19.1 Å². The average Bonchev–Trinajstić information content (AvgIpc) is 2.85. The van der Waals surface area contributed by atoms with Gasteiger partial charge in [0.15, 0.2) is 0 Å². The highest BCUT2D eigenvalue weighted by Crippen LogP contribution is 2.34. The van der Waals surface area contributed by atoms with E-state index in [0.717, 1.165) is 36.8 Å². The van der Waals surface area contributed by atoms with Crippen molar-refractivity contribution in [3.8, 4) is 5.75 Å². The van der Waals surface area contributed by atoms with Crippen LogP contribution in [0, 0.1) is 0 Å². The molecule has 0 radical (unpaired) electrons. The third-order valence-electron chi connectivity index (χ3n) is 6.66. The topological polar surface area (TPSA) is 96.0 Å². The predicted octanol–water partition coefficient (Wildman–Crippen LogP) is 3.73. The maximum absolute atomic E-state index is 13.4. The van der Waals surface area contributed by atoms with E-state index in [0.29, 0.717) is 31.9 Å². The smallest absolute Gasteiger partial charge is 0.246 e. The van der Waals surface area contributed by atoms with E-state index in [1.807, 2.05) is 24.3 Å². The average molecular weight is 500 g/mol. The molecule has 8 nitrogen and oxygen atoms in total. The highest BCUT2D eigenvalue weighted by molar-refractivity contribution is 7.89. The van der Waals surface area contributed by atoms with Crippen molar-refractivity contribution >= 4 is 27.5 Å². The number of benzene rings is 2. The number of hydrogen-bond donors (Lipinski definition) is 1. The molecule has 9 heteroatoms. The maximum atomic E-state index is 13.4. The van der Waals surface area contributed by atoms with Crippen molar-refractivity contribution in [3.05, 3.63) is 53.6 Å². The highest BCUT2D eigenvalue weighted by atomic mass is 32.2. The van der Waals surface area contributed by atoms with Crippen LogP contribution in [0.25, 0.3) is 0 Å². The van der Waals surface area contributed by atoms with Crippen LogP contribution in [0.5, 0.6) is 5.75 Å². The second kappa shape index (κ2) is 10.8. The molecule has 1 N–H and O–H groups in total.